The maximum absolute atomic E-state index is 11.7. The summed E-state index contributed by atoms with van der Waals surface area (Å²) in [4.78, 5) is 13.8. The zero-order valence-corrected chi connectivity index (χ0v) is 11.1. The van der Waals surface area contributed by atoms with E-state index in [2.05, 4.69) is 13.0 Å². The van der Waals surface area contributed by atoms with E-state index in [4.69, 9.17) is 5.73 Å². The van der Waals surface area contributed by atoms with E-state index in [0.717, 1.165) is 44.5 Å². The van der Waals surface area contributed by atoms with Gasteiger partial charge in [0.1, 0.15) is 0 Å². The lowest BCUT2D eigenvalue weighted by Gasteiger charge is -2.16. The van der Waals surface area contributed by atoms with Crippen molar-refractivity contribution in [2.75, 3.05) is 18.8 Å². The molecule has 1 saturated heterocycles. The molecule has 1 atom stereocenters. The Kier molecular flexibility index (Phi) is 4.24. The van der Waals surface area contributed by atoms with Crippen molar-refractivity contribution in [2.24, 2.45) is 5.92 Å². The molecule has 1 amide bonds. The number of carbonyl (C=O) groups excluding carboxylic acids is 1. The number of likely N-dealkylation sites (tertiary alicyclic amines) is 1. The van der Waals surface area contributed by atoms with Crippen LogP contribution in [-0.2, 0) is 11.2 Å². The second-order valence-corrected chi connectivity index (χ2v) is 5.17. The number of hydrogen-bond acceptors (Lipinski definition) is 2. The SMILES string of the molecule is CCC1CC(=O)N(CCCc2cccc(N)c2)C1. The minimum Gasteiger partial charge on any atom is -0.399 e. The average Bonchev–Trinajstić information content (AvgIpc) is 2.71. The van der Waals surface area contributed by atoms with Crippen LogP contribution in [0, 0.1) is 5.92 Å². The first-order valence-corrected chi connectivity index (χ1v) is 6.81. The predicted octanol–water partition coefficient (Wildman–Crippen LogP) is 2.46. The molecule has 2 rings (SSSR count). The van der Waals surface area contributed by atoms with Crippen molar-refractivity contribution >= 4 is 11.6 Å². The van der Waals surface area contributed by atoms with Crippen molar-refractivity contribution in [1.82, 2.24) is 4.90 Å². The van der Waals surface area contributed by atoms with Crippen molar-refractivity contribution in [3.8, 4) is 0 Å². The highest BCUT2D eigenvalue weighted by atomic mass is 16.2. The number of amides is 1. The summed E-state index contributed by atoms with van der Waals surface area (Å²) in [6, 6.07) is 8.00. The fourth-order valence-electron chi connectivity index (χ4n) is 2.57. The summed E-state index contributed by atoms with van der Waals surface area (Å²) in [5.41, 5.74) is 7.82. The molecule has 18 heavy (non-hydrogen) atoms. The average molecular weight is 246 g/mol. The third-order valence-corrected chi connectivity index (χ3v) is 3.72. The lowest BCUT2D eigenvalue weighted by molar-refractivity contribution is -0.127. The van der Waals surface area contributed by atoms with Gasteiger partial charge in [0, 0.05) is 25.2 Å². The van der Waals surface area contributed by atoms with Crippen LogP contribution < -0.4 is 5.73 Å². The van der Waals surface area contributed by atoms with Gasteiger partial charge in [-0.25, -0.2) is 0 Å². The second-order valence-electron chi connectivity index (χ2n) is 5.17. The maximum atomic E-state index is 11.7. The lowest BCUT2D eigenvalue weighted by Crippen LogP contribution is -2.26. The van der Waals surface area contributed by atoms with Gasteiger partial charge in [-0.3, -0.25) is 4.79 Å². The minimum absolute atomic E-state index is 0.328. The van der Waals surface area contributed by atoms with Crippen LogP contribution in [0.25, 0.3) is 0 Å². The van der Waals surface area contributed by atoms with Crippen molar-refractivity contribution in [2.45, 2.75) is 32.6 Å². The molecule has 1 aliphatic heterocycles. The van der Waals surface area contributed by atoms with Crippen LogP contribution in [0.5, 0.6) is 0 Å². The fraction of sp³-hybridized carbons (Fsp3) is 0.533. The van der Waals surface area contributed by atoms with Crippen molar-refractivity contribution in [1.29, 1.82) is 0 Å². The third-order valence-electron chi connectivity index (χ3n) is 3.72. The van der Waals surface area contributed by atoms with Crippen molar-refractivity contribution in [3.05, 3.63) is 29.8 Å². The first-order chi connectivity index (χ1) is 8.69. The Balaban J connectivity index is 1.77. The Morgan fingerprint density at radius 3 is 2.94 bits per heavy atom. The Morgan fingerprint density at radius 1 is 1.44 bits per heavy atom. The number of rotatable bonds is 5. The van der Waals surface area contributed by atoms with E-state index in [0.29, 0.717) is 11.8 Å². The second kappa shape index (κ2) is 5.89. The van der Waals surface area contributed by atoms with Gasteiger partial charge < -0.3 is 10.6 Å². The van der Waals surface area contributed by atoms with E-state index >= 15 is 0 Å². The van der Waals surface area contributed by atoms with Gasteiger partial charge in [-0.05, 0) is 36.5 Å². The predicted molar refractivity (Wildman–Crippen MR) is 74.2 cm³/mol. The summed E-state index contributed by atoms with van der Waals surface area (Å²) in [7, 11) is 0. The number of hydrogen-bond donors (Lipinski definition) is 1. The van der Waals surface area contributed by atoms with Crippen LogP contribution in [0.3, 0.4) is 0 Å². The van der Waals surface area contributed by atoms with Gasteiger partial charge in [0.25, 0.3) is 0 Å². The standard InChI is InChI=1S/C15H22N2O/c1-2-12-10-15(18)17(11-12)8-4-6-13-5-3-7-14(16)9-13/h3,5,7,9,12H,2,4,6,8,10-11,16H2,1H3. The van der Waals surface area contributed by atoms with Gasteiger partial charge in [0.15, 0.2) is 0 Å². The monoisotopic (exact) mass is 246 g/mol. The molecule has 1 heterocycles. The van der Waals surface area contributed by atoms with Crippen LogP contribution in [0.4, 0.5) is 5.69 Å². The Morgan fingerprint density at radius 2 is 2.28 bits per heavy atom. The zero-order chi connectivity index (χ0) is 13.0. The van der Waals surface area contributed by atoms with Crippen LogP contribution in [0.1, 0.15) is 31.7 Å². The van der Waals surface area contributed by atoms with Crippen LogP contribution >= 0.6 is 0 Å². The molecule has 1 aromatic carbocycles. The quantitative estimate of drug-likeness (QED) is 0.811. The van der Waals surface area contributed by atoms with Gasteiger partial charge in [-0.2, -0.15) is 0 Å². The highest BCUT2D eigenvalue weighted by Crippen LogP contribution is 2.20. The Labute approximate surface area is 109 Å². The number of nitrogens with two attached hydrogens (primary N) is 1. The molecule has 1 fully saturated rings. The maximum Gasteiger partial charge on any atom is 0.222 e. The molecule has 1 aliphatic rings. The Hall–Kier alpha value is -1.51. The molecule has 1 unspecified atom stereocenters. The van der Waals surface area contributed by atoms with Gasteiger partial charge in [-0.1, -0.05) is 25.5 Å². The molecule has 0 aliphatic carbocycles. The topological polar surface area (TPSA) is 46.3 Å². The largest absolute Gasteiger partial charge is 0.399 e. The van der Waals surface area contributed by atoms with Crippen LogP contribution in [0.15, 0.2) is 24.3 Å². The van der Waals surface area contributed by atoms with Crippen molar-refractivity contribution < 1.29 is 4.79 Å². The number of aryl methyl sites for hydroxylation is 1. The molecule has 98 valence electrons. The number of nitrogens with zero attached hydrogens (tertiary/aromatic N) is 1. The highest BCUT2D eigenvalue weighted by molar-refractivity contribution is 5.78. The molecule has 0 radical (unpaired) electrons. The number of anilines is 1. The van der Waals surface area contributed by atoms with E-state index in [-0.39, 0.29) is 0 Å². The molecule has 0 spiro atoms. The summed E-state index contributed by atoms with van der Waals surface area (Å²) in [6.07, 6.45) is 3.86. The van der Waals surface area contributed by atoms with Gasteiger partial charge in [0.05, 0.1) is 0 Å². The number of carbonyl (C=O) groups is 1. The van der Waals surface area contributed by atoms with Gasteiger partial charge in [-0.15, -0.1) is 0 Å². The smallest absolute Gasteiger partial charge is 0.222 e. The van der Waals surface area contributed by atoms with E-state index in [1.54, 1.807) is 0 Å². The van der Waals surface area contributed by atoms with Gasteiger partial charge in [0.2, 0.25) is 5.91 Å². The molecule has 0 aromatic heterocycles. The van der Waals surface area contributed by atoms with Gasteiger partial charge >= 0.3 is 0 Å². The molecular formula is C15H22N2O. The molecule has 0 saturated carbocycles. The first kappa shape index (κ1) is 12.9. The van der Waals surface area contributed by atoms with E-state index in [1.807, 2.05) is 23.1 Å². The highest BCUT2D eigenvalue weighted by Gasteiger charge is 2.27. The van der Waals surface area contributed by atoms with Crippen LogP contribution in [0.2, 0.25) is 0 Å². The fourth-order valence-corrected chi connectivity index (χ4v) is 2.57. The molecule has 0 bridgehead atoms. The van der Waals surface area contributed by atoms with Crippen LogP contribution in [-0.4, -0.2) is 23.9 Å². The number of benzene rings is 1. The third kappa shape index (κ3) is 3.25. The summed E-state index contributed by atoms with van der Waals surface area (Å²) >= 11 is 0. The van der Waals surface area contributed by atoms with E-state index in [1.165, 1.54) is 5.56 Å². The number of nitrogen functional groups attached to an aromatic ring is 1. The molecule has 3 heteroatoms. The first-order valence-electron chi connectivity index (χ1n) is 6.81. The minimum atomic E-state index is 0.328. The molecule has 3 nitrogen and oxygen atoms in total. The zero-order valence-electron chi connectivity index (χ0n) is 11.1. The van der Waals surface area contributed by atoms with E-state index < -0.39 is 0 Å². The summed E-state index contributed by atoms with van der Waals surface area (Å²) in [5, 5.41) is 0. The summed E-state index contributed by atoms with van der Waals surface area (Å²) in [5.74, 6) is 0.902. The summed E-state index contributed by atoms with van der Waals surface area (Å²) in [6.45, 7) is 3.99. The molecular weight excluding hydrogens is 224 g/mol. The Bertz CT molecular complexity index is 417. The lowest BCUT2D eigenvalue weighted by atomic mass is 10.1. The molecule has 1 aromatic rings. The normalized spacial score (nSPS) is 19.5. The van der Waals surface area contributed by atoms with Crippen molar-refractivity contribution in [3.63, 3.8) is 0 Å². The summed E-state index contributed by atoms with van der Waals surface area (Å²) < 4.78 is 0. The molecule has 2 N–H and O–H groups in total. The van der Waals surface area contributed by atoms with E-state index in [9.17, 15) is 4.79 Å².